The van der Waals surface area contributed by atoms with Crippen LogP contribution in [-0.2, 0) is 19.1 Å². The Morgan fingerprint density at radius 2 is 1.90 bits per heavy atom. The second kappa shape index (κ2) is 9.26. The van der Waals surface area contributed by atoms with Crippen molar-refractivity contribution in [2.75, 3.05) is 32.1 Å². The van der Waals surface area contributed by atoms with Crippen molar-refractivity contribution in [3.05, 3.63) is 64.7 Å². The first-order chi connectivity index (χ1) is 14.3. The van der Waals surface area contributed by atoms with E-state index >= 15 is 0 Å². The van der Waals surface area contributed by atoms with Crippen LogP contribution in [0.5, 0.6) is 5.75 Å². The van der Waals surface area contributed by atoms with E-state index in [1.165, 1.54) is 11.9 Å². The van der Waals surface area contributed by atoms with Crippen LogP contribution in [0, 0.1) is 13.8 Å². The minimum Gasteiger partial charge on any atom is -0.488 e. The molecular formula is C23H24N2O5. The number of fused-ring (bicyclic) bond motifs is 1. The first-order valence-corrected chi connectivity index (χ1v) is 9.54. The van der Waals surface area contributed by atoms with Crippen LogP contribution in [-0.4, -0.2) is 49.5 Å². The SMILES string of the molecule is Cc1ccc(C)c(NC(=O)CN(C)C(=O)COC(=O)C2=Cc3ccccc3OC2)c1. The molecule has 1 N–H and O–H groups in total. The van der Waals surface area contributed by atoms with Gasteiger partial charge in [-0.25, -0.2) is 4.79 Å². The van der Waals surface area contributed by atoms with E-state index in [1.54, 1.807) is 6.08 Å². The zero-order chi connectivity index (χ0) is 21.7. The lowest BCUT2D eigenvalue weighted by Gasteiger charge is -2.19. The van der Waals surface area contributed by atoms with Crippen molar-refractivity contribution in [3.8, 4) is 5.75 Å². The molecular weight excluding hydrogens is 384 g/mol. The number of amides is 2. The molecule has 2 aromatic carbocycles. The van der Waals surface area contributed by atoms with Gasteiger partial charge < -0.3 is 19.7 Å². The molecule has 0 aromatic heterocycles. The summed E-state index contributed by atoms with van der Waals surface area (Å²) in [5.41, 5.74) is 3.77. The fraction of sp³-hybridized carbons (Fsp3) is 0.261. The fourth-order valence-electron chi connectivity index (χ4n) is 2.93. The fourth-order valence-corrected chi connectivity index (χ4v) is 2.93. The Morgan fingerprint density at radius 3 is 2.70 bits per heavy atom. The van der Waals surface area contributed by atoms with Crippen LogP contribution < -0.4 is 10.1 Å². The van der Waals surface area contributed by atoms with Crippen molar-refractivity contribution in [2.24, 2.45) is 0 Å². The summed E-state index contributed by atoms with van der Waals surface area (Å²) < 4.78 is 10.6. The molecule has 0 unspecified atom stereocenters. The Kier molecular flexibility index (Phi) is 6.51. The van der Waals surface area contributed by atoms with Gasteiger partial charge in [0.2, 0.25) is 5.91 Å². The largest absolute Gasteiger partial charge is 0.488 e. The summed E-state index contributed by atoms with van der Waals surface area (Å²) in [5, 5.41) is 2.80. The third-order valence-corrected chi connectivity index (χ3v) is 4.69. The lowest BCUT2D eigenvalue weighted by Crippen LogP contribution is -2.37. The molecule has 0 atom stereocenters. The molecule has 156 valence electrons. The average molecular weight is 408 g/mol. The molecule has 30 heavy (non-hydrogen) atoms. The summed E-state index contributed by atoms with van der Waals surface area (Å²) in [7, 11) is 1.48. The number of hydrogen-bond acceptors (Lipinski definition) is 5. The number of carbonyl (C=O) groups excluding carboxylic acids is 3. The van der Waals surface area contributed by atoms with E-state index in [4.69, 9.17) is 9.47 Å². The number of anilines is 1. The maximum Gasteiger partial charge on any atom is 0.338 e. The number of hydrogen-bond donors (Lipinski definition) is 1. The summed E-state index contributed by atoms with van der Waals surface area (Å²) >= 11 is 0. The molecule has 1 aliphatic rings. The number of likely N-dealkylation sites (N-methyl/N-ethyl adjacent to an activating group) is 1. The van der Waals surface area contributed by atoms with Gasteiger partial charge in [0.15, 0.2) is 6.61 Å². The predicted molar refractivity (Wildman–Crippen MR) is 113 cm³/mol. The Morgan fingerprint density at radius 1 is 1.13 bits per heavy atom. The van der Waals surface area contributed by atoms with Crippen molar-refractivity contribution in [1.82, 2.24) is 4.90 Å². The average Bonchev–Trinajstić information content (AvgIpc) is 2.73. The van der Waals surface area contributed by atoms with Gasteiger partial charge in [0.25, 0.3) is 5.91 Å². The highest BCUT2D eigenvalue weighted by Crippen LogP contribution is 2.26. The normalized spacial score (nSPS) is 12.2. The van der Waals surface area contributed by atoms with Gasteiger partial charge in [0.1, 0.15) is 12.4 Å². The van der Waals surface area contributed by atoms with E-state index in [0.29, 0.717) is 17.0 Å². The van der Waals surface area contributed by atoms with Gasteiger partial charge in [0, 0.05) is 18.3 Å². The lowest BCUT2D eigenvalue weighted by atomic mass is 10.1. The molecule has 2 amide bonds. The number of para-hydroxylation sites is 1. The molecule has 0 saturated carbocycles. The molecule has 0 aliphatic carbocycles. The van der Waals surface area contributed by atoms with E-state index in [2.05, 4.69) is 5.32 Å². The van der Waals surface area contributed by atoms with E-state index < -0.39 is 18.5 Å². The highest BCUT2D eigenvalue weighted by Gasteiger charge is 2.21. The molecule has 1 aliphatic heterocycles. The molecule has 7 heteroatoms. The van der Waals surface area contributed by atoms with Crippen molar-refractivity contribution in [3.63, 3.8) is 0 Å². The van der Waals surface area contributed by atoms with Gasteiger partial charge in [-0.3, -0.25) is 9.59 Å². The zero-order valence-electron chi connectivity index (χ0n) is 17.2. The summed E-state index contributed by atoms with van der Waals surface area (Å²) in [5.74, 6) is -0.728. The first kappa shape index (κ1) is 21.1. The number of rotatable bonds is 6. The van der Waals surface area contributed by atoms with E-state index in [-0.39, 0.29) is 19.1 Å². The van der Waals surface area contributed by atoms with Crippen LogP contribution in [0.25, 0.3) is 6.08 Å². The molecule has 2 aromatic rings. The molecule has 0 fully saturated rings. The Bertz CT molecular complexity index is 1010. The van der Waals surface area contributed by atoms with Crippen LogP contribution in [0.15, 0.2) is 48.0 Å². The quantitative estimate of drug-likeness (QED) is 0.743. The first-order valence-electron chi connectivity index (χ1n) is 9.54. The maximum atomic E-state index is 12.3. The topological polar surface area (TPSA) is 84.9 Å². The molecule has 7 nitrogen and oxygen atoms in total. The number of esters is 1. The third kappa shape index (κ3) is 5.26. The standard InChI is InChI=1S/C23H24N2O5/c1-15-8-9-16(2)19(10-15)24-21(26)12-25(3)22(27)14-30-23(28)18-11-17-6-4-5-7-20(17)29-13-18/h4-11H,12-14H2,1-3H3,(H,24,26). The van der Waals surface area contributed by atoms with Crippen LogP contribution in [0.2, 0.25) is 0 Å². The van der Waals surface area contributed by atoms with E-state index in [0.717, 1.165) is 16.7 Å². The maximum absolute atomic E-state index is 12.3. The summed E-state index contributed by atoms with van der Waals surface area (Å²) in [6.07, 6.45) is 1.69. The Labute approximate surface area is 175 Å². The Hall–Kier alpha value is -3.61. The Balaban J connectivity index is 1.50. The number of aryl methyl sites for hydroxylation is 2. The minimum absolute atomic E-state index is 0.0815. The number of nitrogens with zero attached hydrogens (tertiary/aromatic N) is 1. The molecule has 0 saturated heterocycles. The van der Waals surface area contributed by atoms with E-state index in [1.807, 2.05) is 56.3 Å². The van der Waals surface area contributed by atoms with Crippen LogP contribution >= 0.6 is 0 Å². The lowest BCUT2D eigenvalue weighted by molar-refractivity contribution is -0.149. The van der Waals surface area contributed by atoms with Gasteiger partial charge in [-0.2, -0.15) is 0 Å². The monoisotopic (exact) mass is 408 g/mol. The van der Waals surface area contributed by atoms with Gasteiger partial charge in [0.05, 0.1) is 12.1 Å². The predicted octanol–water partition coefficient (Wildman–Crippen LogP) is 2.72. The minimum atomic E-state index is -0.619. The molecule has 0 bridgehead atoms. The summed E-state index contributed by atoms with van der Waals surface area (Å²) in [4.78, 5) is 38.0. The van der Waals surface area contributed by atoms with Crippen LogP contribution in [0.4, 0.5) is 5.69 Å². The van der Waals surface area contributed by atoms with Gasteiger partial charge in [-0.05, 0) is 43.2 Å². The summed E-state index contributed by atoms with van der Waals surface area (Å²) in [6, 6.07) is 13.1. The third-order valence-electron chi connectivity index (χ3n) is 4.69. The van der Waals surface area contributed by atoms with Crippen molar-refractivity contribution in [1.29, 1.82) is 0 Å². The number of nitrogens with one attached hydrogen (secondary N) is 1. The second-order valence-corrected chi connectivity index (χ2v) is 7.19. The van der Waals surface area contributed by atoms with Crippen LogP contribution in [0.3, 0.4) is 0 Å². The number of carbonyl (C=O) groups is 3. The molecule has 0 radical (unpaired) electrons. The molecule has 1 heterocycles. The zero-order valence-corrected chi connectivity index (χ0v) is 17.2. The smallest absolute Gasteiger partial charge is 0.338 e. The molecule has 0 spiro atoms. The second-order valence-electron chi connectivity index (χ2n) is 7.19. The van der Waals surface area contributed by atoms with Gasteiger partial charge in [-0.1, -0.05) is 30.3 Å². The van der Waals surface area contributed by atoms with Crippen molar-refractivity contribution in [2.45, 2.75) is 13.8 Å². The number of ether oxygens (including phenoxy) is 2. The highest BCUT2D eigenvalue weighted by molar-refractivity contribution is 5.97. The van der Waals surface area contributed by atoms with Crippen LogP contribution in [0.1, 0.15) is 16.7 Å². The molecule has 3 rings (SSSR count). The summed E-state index contributed by atoms with van der Waals surface area (Å²) in [6.45, 7) is 3.31. The van der Waals surface area contributed by atoms with E-state index in [9.17, 15) is 14.4 Å². The van der Waals surface area contributed by atoms with Gasteiger partial charge >= 0.3 is 5.97 Å². The van der Waals surface area contributed by atoms with Crippen molar-refractivity contribution >= 4 is 29.5 Å². The van der Waals surface area contributed by atoms with Crippen molar-refractivity contribution < 1.29 is 23.9 Å². The number of benzene rings is 2. The highest BCUT2D eigenvalue weighted by atomic mass is 16.5. The van der Waals surface area contributed by atoms with Gasteiger partial charge in [-0.15, -0.1) is 0 Å².